The third-order valence-corrected chi connectivity index (χ3v) is 7.54. The number of rotatable bonds is 5. The van der Waals surface area contributed by atoms with Gasteiger partial charge in [0.05, 0.1) is 0 Å². The van der Waals surface area contributed by atoms with E-state index in [0.717, 1.165) is 49.7 Å². The molecule has 4 nitrogen and oxygen atoms in total. The van der Waals surface area contributed by atoms with Crippen molar-refractivity contribution in [2.75, 3.05) is 13.1 Å². The molecule has 2 amide bonds. The van der Waals surface area contributed by atoms with Crippen LogP contribution in [0.1, 0.15) is 69.8 Å². The first-order chi connectivity index (χ1) is 14.2. The third kappa shape index (κ3) is 5.88. The number of hydrogen-bond donors (Lipinski definition) is 2. The van der Waals surface area contributed by atoms with E-state index in [2.05, 4.69) is 27.7 Å². The standard InChI is InChI=1S/C24H36ClN3O/c25-20-11-9-18(10-12-20)17-19-13-15-28(16-14-19)23-8-4-7-22(23)27-24(29)26-21-5-2-1-3-6-21/h9-12,19,21-23H,1-8,13-17H2,(H2,26,27,29)/t22-,23-/m1/s1. The molecule has 2 saturated carbocycles. The lowest BCUT2D eigenvalue weighted by atomic mass is 9.89. The number of carbonyl (C=O) groups is 1. The predicted molar refractivity (Wildman–Crippen MR) is 119 cm³/mol. The van der Waals surface area contributed by atoms with Crippen LogP contribution in [-0.4, -0.2) is 42.1 Å². The van der Waals surface area contributed by atoms with Crippen LogP contribution in [0.2, 0.25) is 5.02 Å². The van der Waals surface area contributed by atoms with Crippen molar-refractivity contribution in [1.29, 1.82) is 0 Å². The molecule has 160 valence electrons. The Hall–Kier alpha value is -1.26. The highest BCUT2D eigenvalue weighted by Crippen LogP contribution is 2.30. The van der Waals surface area contributed by atoms with Gasteiger partial charge in [-0.2, -0.15) is 0 Å². The molecule has 5 heteroatoms. The first-order valence-electron chi connectivity index (χ1n) is 11.7. The predicted octanol–water partition coefficient (Wildman–Crippen LogP) is 5.15. The first-order valence-corrected chi connectivity index (χ1v) is 12.1. The van der Waals surface area contributed by atoms with Crippen LogP contribution in [0.25, 0.3) is 0 Å². The molecule has 3 aliphatic rings. The molecule has 29 heavy (non-hydrogen) atoms. The molecular weight excluding hydrogens is 382 g/mol. The van der Waals surface area contributed by atoms with Gasteiger partial charge in [0.2, 0.25) is 0 Å². The van der Waals surface area contributed by atoms with E-state index in [0.29, 0.717) is 18.1 Å². The minimum absolute atomic E-state index is 0.0615. The smallest absolute Gasteiger partial charge is 0.315 e. The number of likely N-dealkylation sites (tertiary alicyclic amines) is 1. The van der Waals surface area contributed by atoms with Crippen LogP contribution < -0.4 is 10.6 Å². The Balaban J connectivity index is 1.23. The summed E-state index contributed by atoms with van der Waals surface area (Å²) >= 11 is 6.01. The van der Waals surface area contributed by atoms with Gasteiger partial charge < -0.3 is 10.6 Å². The van der Waals surface area contributed by atoms with Gasteiger partial charge >= 0.3 is 6.03 Å². The van der Waals surface area contributed by atoms with Crippen molar-refractivity contribution in [2.45, 2.75) is 88.8 Å². The van der Waals surface area contributed by atoms with E-state index in [1.807, 2.05) is 12.1 Å². The van der Waals surface area contributed by atoms with Crippen LogP contribution in [0.15, 0.2) is 24.3 Å². The van der Waals surface area contributed by atoms with Gasteiger partial charge in [0, 0.05) is 23.1 Å². The lowest BCUT2D eigenvalue weighted by molar-refractivity contribution is 0.118. The number of halogens is 1. The SMILES string of the molecule is O=C(NC1CCCCC1)N[C@@H]1CCC[C@H]1N1CCC(Cc2ccc(Cl)cc2)CC1. The molecule has 0 radical (unpaired) electrons. The molecule has 2 N–H and O–H groups in total. The van der Waals surface area contributed by atoms with Crippen molar-refractivity contribution in [3.05, 3.63) is 34.9 Å². The molecule has 3 fully saturated rings. The van der Waals surface area contributed by atoms with Gasteiger partial charge in [-0.15, -0.1) is 0 Å². The quantitative estimate of drug-likeness (QED) is 0.695. The van der Waals surface area contributed by atoms with Crippen LogP contribution in [0.3, 0.4) is 0 Å². The zero-order valence-electron chi connectivity index (χ0n) is 17.5. The second-order valence-electron chi connectivity index (χ2n) is 9.37. The van der Waals surface area contributed by atoms with Crippen LogP contribution in [0, 0.1) is 5.92 Å². The van der Waals surface area contributed by atoms with E-state index in [1.165, 1.54) is 50.5 Å². The van der Waals surface area contributed by atoms with E-state index in [4.69, 9.17) is 11.6 Å². The zero-order chi connectivity index (χ0) is 20.1. The number of nitrogens with zero attached hydrogens (tertiary/aromatic N) is 1. The van der Waals surface area contributed by atoms with Crippen molar-refractivity contribution < 1.29 is 4.79 Å². The van der Waals surface area contributed by atoms with E-state index >= 15 is 0 Å². The number of benzene rings is 1. The Morgan fingerprint density at radius 1 is 0.897 bits per heavy atom. The summed E-state index contributed by atoms with van der Waals surface area (Å²) in [6.07, 6.45) is 13.3. The Kier molecular flexibility index (Phi) is 7.36. The number of amides is 2. The molecule has 2 aliphatic carbocycles. The third-order valence-electron chi connectivity index (χ3n) is 7.29. The fourth-order valence-electron chi connectivity index (χ4n) is 5.63. The minimum atomic E-state index is 0.0615. The molecule has 0 aromatic heterocycles. The van der Waals surface area contributed by atoms with Gasteiger partial charge in [0.1, 0.15) is 0 Å². The maximum absolute atomic E-state index is 12.5. The summed E-state index contributed by atoms with van der Waals surface area (Å²) in [5.74, 6) is 0.759. The summed E-state index contributed by atoms with van der Waals surface area (Å²) < 4.78 is 0. The second kappa shape index (κ2) is 10.2. The second-order valence-corrected chi connectivity index (χ2v) is 9.80. The fourth-order valence-corrected chi connectivity index (χ4v) is 5.76. The Morgan fingerprint density at radius 3 is 2.34 bits per heavy atom. The van der Waals surface area contributed by atoms with Crippen molar-refractivity contribution in [3.8, 4) is 0 Å². The van der Waals surface area contributed by atoms with Crippen molar-refractivity contribution in [3.63, 3.8) is 0 Å². The molecule has 0 bridgehead atoms. The molecule has 2 atom stereocenters. The number of hydrogen-bond acceptors (Lipinski definition) is 2. The van der Waals surface area contributed by atoms with Gasteiger partial charge in [-0.25, -0.2) is 4.79 Å². The summed E-state index contributed by atoms with van der Waals surface area (Å²) in [5.41, 5.74) is 1.40. The average Bonchev–Trinajstić information content (AvgIpc) is 3.19. The number of carbonyl (C=O) groups excluding carboxylic acids is 1. The first kappa shape index (κ1) is 21.0. The van der Waals surface area contributed by atoms with E-state index in [9.17, 15) is 4.79 Å². The maximum Gasteiger partial charge on any atom is 0.315 e. The Labute approximate surface area is 180 Å². The monoisotopic (exact) mass is 417 g/mol. The highest BCUT2D eigenvalue weighted by Gasteiger charge is 2.35. The molecule has 0 unspecified atom stereocenters. The van der Waals surface area contributed by atoms with Crippen molar-refractivity contribution in [2.24, 2.45) is 5.92 Å². The molecule has 1 aliphatic heterocycles. The topological polar surface area (TPSA) is 44.4 Å². The van der Waals surface area contributed by atoms with Gasteiger partial charge in [0.25, 0.3) is 0 Å². The average molecular weight is 418 g/mol. The molecule has 1 saturated heterocycles. The van der Waals surface area contributed by atoms with Crippen LogP contribution >= 0.6 is 11.6 Å². The molecule has 0 spiro atoms. The highest BCUT2D eigenvalue weighted by molar-refractivity contribution is 6.30. The van der Waals surface area contributed by atoms with Gasteiger partial charge in [-0.3, -0.25) is 4.90 Å². The number of urea groups is 1. The van der Waals surface area contributed by atoms with Crippen LogP contribution in [0.4, 0.5) is 4.79 Å². The lowest BCUT2D eigenvalue weighted by Gasteiger charge is -2.39. The lowest BCUT2D eigenvalue weighted by Crippen LogP contribution is -2.54. The van der Waals surface area contributed by atoms with Crippen LogP contribution in [0.5, 0.6) is 0 Å². The summed E-state index contributed by atoms with van der Waals surface area (Å²) in [6.45, 7) is 2.32. The summed E-state index contributed by atoms with van der Waals surface area (Å²) in [6, 6.07) is 9.60. The number of piperidine rings is 1. The van der Waals surface area contributed by atoms with Crippen LogP contribution in [-0.2, 0) is 6.42 Å². The zero-order valence-corrected chi connectivity index (χ0v) is 18.3. The molecule has 4 rings (SSSR count). The Bertz CT molecular complexity index is 651. The summed E-state index contributed by atoms with van der Waals surface area (Å²) in [7, 11) is 0. The minimum Gasteiger partial charge on any atom is -0.335 e. The molecule has 1 heterocycles. The van der Waals surface area contributed by atoms with Crippen molar-refractivity contribution >= 4 is 17.6 Å². The normalized spacial score (nSPS) is 27.1. The maximum atomic E-state index is 12.5. The summed E-state index contributed by atoms with van der Waals surface area (Å²) in [4.78, 5) is 15.2. The highest BCUT2D eigenvalue weighted by atomic mass is 35.5. The molecule has 1 aromatic rings. The number of nitrogens with one attached hydrogen (secondary N) is 2. The van der Waals surface area contributed by atoms with E-state index in [1.54, 1.807) is 0 Å². The molecule has 1 aromatic carbocycles. The largest absolute Gasteiger partial charge is 0.335 e. The van der Waals surface area contributed by atoms with Gasteiger partial charge in [-0.1, -0.05) is 43.0 Å². The van der Waals surface area contributed by atoms with E-state index in [-0.39, 0.29) is 6.03 Å². The van der Waals surface area contributed by atoms with Crippen molar-refractivity contribution in [1.82, 2.24) is 15.5 Å². The van der Waals surface area contributed by atoms with Gasteiger partial charge in [-0.05, 0) is 88.1 Å². The fraction of sp³-hybridized carbons (Fsp3) is 0.708. The Morgan fingerprint density at radius 2 is 1.62 bits per heavy atom. The van der Waals surface area contributed by atoms with E-state index < -0.39 is 0 Å². The van der Waals surface area contributed by atoms with Gasteiger partial charge in [0.15, 0.2) is 0 Å². The molecular formula is C24H36ClN3O. The summed E-state index contributed by atoms with van der Waals surface area (Å²) in [5, 5.41) is 7.37.